The molecule has 4 aromatic rings. The lowest BCUT2D eigenvalue weighted by Crippen LogP contribution is -2.22. The van der Waals surface area contributed by atoms with Crippen molar-refractivity contribution in [2.24, 2.45) is 10.1 Å². The van der Waals surface area contributed by atoms with Gasteiger partial charge in [0.15, 0.2) is 4.80 Å². The molecule has 2 N–H and O–H groups in total. The molecule has 0 saturated heterocycles. The maximum atomic E-state index is 13.0. The highest BCUT2D eigenvalue weighted by Gasteiger charge is 2.16. The highest BCUT2D eigenvalue weighted by atomic mass is 32.2. The molecule has 3 aromatic carbocycles. The van der Waals surface area contributed by atoms with E-state index >= 15 is 0 Å². The largest absolute Gasteiger partial charge is 0.468 e. The smallest absolute Gasteiger partial charge is 0.325 e. The number of rotatable bonds is 4. The van der Waals surface area contributed by atoms with Gasteiger partial charge in [0, 0.05) is 5.56 Å². The summed E-state index contributed by atoms with van der Waals surface area (Å²) in [6, 6.07) is 17.1. The van der Waals surface area contributed by atoms with Gasteiger partial charge in [-0.15, -0.1) is 0 Å². The van der Waals surface area contributed by atoms with Crippen LogP contribution in [0.25, 0.3) is 21.0 Å². The third-order valence-corrected chi connectivity index (χ3v) is 6.67. The van der Waals surface area contributed by atoms with Crippen LogP contribution < -0.4 is 9.94 Å². The second-order valence-corrected chi connectivity index (χ2v) is 9.24. The Morgan fingerprint density at radius 3 is 2.58 bits per heavy atom. The van der Waals surface area contributed by atoms with Crippen molar-refractivity contribution in [3.8, 4) is 0 Å². The van der Waals surface area contributed by atoms with E-state index in [0.717, 1.165) is 22.1 Å². The number of hydrogen-bond acceptors (Lipinski definition) is 6. The molecule has 10 heteroatoms. The van der Waals surface area contributed by atoms with Crippen LogP contribution in [0.2, 0.25) is 0 Å². The molecule has 0 fully saturated rings. The van der Waals surface area contributed by atoms with Crippen molar-refractivity contribution in [2.45, 2.75) is 11.4 Å². The van der Waals surface area contributed by atoms with Crippen LogP contribution in [0.4, 0.5) is 0 Å². The predicted molar refractivity (Wildman–Crippen MR) is 117 cm³/mol. The lowest BCUT2D eigenvalue weighted by Gasteiger charge is -2.05. The summed E-state index contributed by atoms with van der Waals surface area (Å²) in [5, 5.41) is 6.89. The lowest BCUT2D eigenvalue weighted by molar-refractivity contribution is -0.141. The molecule has 31 heavy (non-hydrogen) atoms. The van der Waals surface area contributed by atoms with Crippen LogP contribution in [0.5, 0.6) is 0 Å². The van der Waals surface area contributed by atoms with Crippen molar-refractivity contribution < 1.29 is 22.7 Å². The highest BCUT2D eigenvalue weighted by molar-refractivity contribution is 7.89. The van der Waals surface area contributed by atoms with E-state index in [4.69, 9.17) is 9.88 Å². The number of fused-ring (bicyclic) bond motifs is 2. The van der Waals surface area contributed by atoms with E-state index in [2.05, 4.69) is 4.99 Å². The van der Waals surface area contributed by atoms with Crippen LogP contribution in [0.15, 0.2) is 70.6 Å². The number of primary sulfonamides is 1. The van der Waals surface area contributed by atoms with Crippen molar-refractivity contribution in [2.75, 3.05) is 7.11 Å². The molecular weight excluding hydrogens is 438 g/mol. The first-order valence-electron chi connectivity index (χ1n) is 9.08. The van der Waals surface area contributed by atoms with Gasteiger partial charge in [-0.2, -0.15) is 4.99 Å². The number of hydrogen-bond donors (Lipinski definition) is 1. The SMILES string of the molecule is COC(=O)Cn1c(=NC(=O)c2cccc3ccccc23)sc2cc(S(N)(=O)=O)ccc21. The molecule has 0 saturated carbocycles. The van der Waals surface area contributed by atoms with Gasteiger partial charge in [-0.3, -0.25) is 9.59 Å². The van der Waals surface area contributed by atoms with E-state index in [1.54, 1.807) is 12.1 Å². The van der Waals surface area contributed by atoms with Crippen LogP contribution in [0, 0.1) is 0 Å². The van der Waals surface area contributed by atoms with E-state index in [-0.39, 0.29) is 16.2 Å². The van der Waals surface area contributed by atoms with E-state index < -0.39 is 21.9 Å². The normalized spacial score (nSPS) is 12.4. The Kier molecular flexibility index (Phi) is 5.44. The number of thiazole rings is 1. The lowest BCUT2D eigenvalue weighted by atomic mass is 10.0. The quantitative estimate of drug-likeness (QED) is 0.474. The zero-order chi connectivity index (χ0) is 22.2. The van der Waals surface area contributed by atoms with Gasteiger partial charge in [-0.1, -0.05) is 47.7 Å². The van der Waals surface area contributed by atoms with E-state index in [9.17, 15) is 18.0 Å². The van der Waals surface area contributed by atoms with Gasteiger partial charge in [0.25, 0.3) is 5.91 Å². The number of esters is 1. The average Bonchev–Trinajstić information content (AvgIpc) is 3.08. The molecule has 0 aliphatic heterocycles. The molecule has 158 valence electrons. The molecule has 0 bridgehead atoms. The standard InChI is InChI=1S/C21H17N3O5S2/c1-29-19(25)12-24-17-10-9-14(31(22,27)28)11-18(17)30-21(24)23-20(26)16-8-4-6-13-5-2-3-7-15(13)16/h2-11H,12H2,1H3,(H2,22,27,28). The van der Waals surface area contributed by atoms with Crippen molar-refractivity contribution >= 4 is 54.2 Å². The van der Waals surface area contributed by atoms with Gasteiger partial charge >= 0.3 is 5.97 Å². The predicted octanol–water partition coefficient (Wildman–Crippen LogP) is 2.42. The topological polar surface area (TPSA) is 121 Å². The average molecular weight is 456 g/mol. The van der Waals surface area contributed by atoms with Gasteiger partial charge in [-0.05, 0) is 35.0 Å². The fourth-order valence-electron chi connectivity index (χ4n) is 3.22. The molecule has 1 heterocycles. The molecule has 0 radical (unpaired) electrons. The second-order valence-electron chi connectivity index (χ2n) is 6.67. The van der Waals surface area contributed by atoms with Crippen LogP contribution in [0.1, 0.15) is 10.4 Å². The number of carbonyl (C=O) groups is 2. The Hall–Kier alpha value is -3.34. The number of sulfonamides is 1. The number of nitrogens with two attached hydrogens (primary N) is 1. The molecule has 0 aliphatic carbocycles. The molecule has 8 nitrogen and oxygen atoms in total. The fraction of sp³-hybridized carbons (Fsp3) is 0.0952. The molecule has 1 aromatic heterocycles. The number of benzene rings is 3. The zero-order valence-corrected chi connectivity index (χ0v) is 17.9. The first-order chi connectivity index (χ1) is 14.8. The van der Waals surface area contributed by atoms with E-state index in [0.29, 0.717) is 15.8 Å². The van der Waals surface area contributed by atoms with Crippen molar-refractivity contribution in [1.29, 1.82) is 0 Å². The van der Waals surface area contributed by atoms with Crippen molar-refractivity contribution in [3.05, 3.63) is 71.0 Å². The summed E-state index contributed by atoms with van der Waals surface area (Å²) in [6.07, 6.45) is 0. The molecule has 0 spiro atoms. The number of carbonyl (C=O) groups excluding carboxylic acids is 2. The summed E-state index contributed by atoms with van der Waals surface area (Å²) in [7, 11) is -2.65. The van der Waals surface area contributed by atoms with Crippen molar-refractivity contribution in [1.82, 2.24) is 4.57 Å². The summed E-state index contributed by atoms with van der Waals surface area (Å²) in [6.45, 7) is -0.188. The summed E-state index contributed by atoms with van der Waals surface area (Å²) >= 11 is 1.08. The van der Waals surface area contributed by atoms with Gasteiger partial charge < -0.3 is 9.30 Å². The second kappa shape index (κ2) is 8.06. The number of aromatic nitrogens is 1. The highest BCUT2D eigenvalue weighted by Crippen LogP contribution is 2.22. The molecule has 0 atom stereocenters. The van der Waals surface area contributed by atoms with Crippen LogP contribution >= 0.6 is 11.3 Å². The van der Waals surface area contributed by atoms with Crippen molar-refractivity contribution in [3.63, 3.8) is 0 Å². The molecule has 1 amide bonds. The minimum absolute atomic E-state index is 0.0709. The molecular formula is C21H17N3O5S2. The minimum Gasteiger partial charge on any atom is -0.468 e. The van der Waals surface area contributed by atoms with Crippen LogP contribution in [0.3, 0.4) is 0 Å². The number of amides is 1. The van der Waals surface area contributed by atoms with E-state index in [1.807, 2.05) is 30.3 Å². The van der Waals surface area contributed by atoms with Gasteiger partial charge in [0.05, 0.1) is 22.2 Å². The Labute approximate surface area is 181 Å². The first kappa shape index (κ1) is 20.9. The molecule has 0 unspecified atom stereocenters. The van der Waals surface area contributed by atoms with Gasteiger partial charge in [0.2, 0.25) is 10.0 Å². The first-order valence-corrected chi connectivity index (χ1v) is 11.4. The monoisotopic (exact) mass is 455 g/mol. The third kappa shape index (κ3) is 4.13. The Morgan fingerprint density at radius 1 is 1.10 bits per heavy atom. The van der Waals surface area contributed by atoms with E-state index in [1.165, 1.54) is 29.9 Å². The van der Waals surface area contributed by atoms with Crippen LogP contribution in [-0.4, -0.2) is 32.0 Å². The number of nitrogens with zero attached hydrogens (tertiary/aromatic N) is 2. The van der Waals surface area contributed by atoms with Gasteiger partial charge in [-0.25, -0.2) is 13.6 Å². The molecule has 4 rings (SSSR count). The Bertz CT molecular complexity index is 1510. The minimum atomic E-state index is -3.91. The van der Waals surface area contributed by atoms with Gasteiger partial charge in [0.1, 0.15) is 6.54 Å². The molecule has 0 aliphatic rings. The summed E-state index contributed by atoms with van der Waals surface area (Å²) in [5.41, 5.74) is 0.956. The maximum Gasteiger partial charge on any atom is 0.325 e. The zero-order valence-electron chi connectivity index (χ0n) is 16.3. The Balaban J connectivity index is 1.92. The summed E-state index contributed by atoms with van der Waals surface area (Å²) in [5.74, 6) is -1.01. The fourth-order valence-corrected chi connectivity index (χ4v) is 4.90. The summed E-state index contributed by atoms with van der Waals surface area (Å²) < 4.78 is 30.2. The maximum absolute atomic E-state index is 13.0. The number of ether oxygens (including phenoxy) is 1. The Morgan fingerprint density at radius 2 is 1.84 bits per heavy atom. The third-order valence-electron chi connectivity index (χ3n) is 4.71. The van der Waals surface area contributed by atoms with Crippen LogP contribution in [-0.2, 0) is 26.1 Å². The number of methoxy groups -OCH3 is 1. The summed E-state index contributed by atoms with van der Waals surface area (Å²) in [4.78, 5) is 29.4.